The molecular formula is C37H21ClOS. The van der Waals surface area contributed by atoms with Crippen molar-refractivity contribution in [3.63, 3.8) is 0 Å². The Morgan fingerprint density at radius 2 is 1.18 bits per heavy atom. The number of thiophene rings is 1. The first-order chi connectivity index (χ1) is 19.7. The number of rotatable bonds is 1. The minimum absolute atomic E-state index is 0.529. The average Bonchev–Trinajstić information content (AvgIpc) is 3.51. The van der Waals surface area contributed by atoms with E-state index in [1.807, 2.05) is 11.3 Å². The zero-order chi connectivity index (χ0) is 26.4. The van der Waals surface area contributed by atoms with E-state index in [4.69, 9.17) is 16.3 Å². The molecule has 0 N–H and O–H groups in total. The highest BCUT2D eigenvalue weighted by molar-refractivity contribution is 7.25. The van der Waals surface area contributed by atoms with Crippen molar-refractivity contribution in [3.05, 3.63) is 155 Å². The number of benzene rings is 6. The van der Waals surface area contributed by atoms with Gasteiger partial charge in [0.15, 0.2) is 0 Å². The van der Waals surface area contributed by atoms with Gasteiger partial charge in [-0.3, -0.25) is 0 Å². The Labute approximate surface area is 240 Å². The zero-order valence-corrected chi connectivity index (χ0v) is 22.9. The summed E-state index contributed by atoms with van der Waals surface area (Å²) in [5.41, 5.74) is 8.87. The lowest BCUT2D eigenvalue weighted by Gasteiger charge is -2.40. The van der Waals surface area contributed by atoms with Gasteiger partial charge in [-0.05, 0) is 58.1 Å². The van der Waals surface area contributed by atoms with Crippen molar-refractivity contribution in [2.75, 3.05) is 0 Å². The molecule has 0 atom stereocenters. The number of para-hydroxylation sites is 1. The molecule has 6 aromatic carbocycles. The van der Waals surface area contributed by atoms with Crippen molar-refractivity contribution >= 4 is 43.1 Å². The van der Waals surface area contributed by atoms with Crippen LogP contribution in [0, 0.1) is 0 Å². The molecule has 0 saturated heterocycles. The first-order valence-electron chi connectivity index (χ1n) is 13.5. The second-order valence-corrected chi connectivity index (χ2v) is 12.1. The van der Waals surface area contributed by atoms with Crippen molar-refractivity contribution in [2.45, 2.75) is 5.41 Å². The molecule has 40 heavy (non-hydrogen) atoms. The van der Waals surface area contributed by atoms with Gasteiger partial charge in [-0.25, -0.2) is 0 Å². The maximum atomic E-state index is 7.00. The Bertz CT molecular complexity index is 2130. The Balaban J connectivity index is 1.39. The molecule has 0 unspecified atom stereocenters. The summed E-state index contributed by atoms with van der Waals surface area (Å²) in [6, 6.07) is 45.6. The van der Waals surface area contributed by atoms with Gasteiger partial charge in [0.1, 0.15) is 11.5 Å². The van der Waals surface area contributed by atoms with Gasteiger partial charge in [0, 0.05) is 41.9 Å². The Morgan fingerprint density at radius 3 is 1.98 bits per heavy atom. The van der Waals surface area contributed by atoms with Crippen LogP contribution in [0.3, 0.4) is 0 Å². The van der Waals surface area contributed by atoms with Crippen LogP contribution in [0.5, 0.6) is 11.5 Å². The molecule has 0 bridgehead atoms. The highest BCUT2D eigenvalue weighted by Gasteiger charge is 2.51. The predicted molar refractivity (Wildman–Crippen MR) is 167 cm³/mol. The normalized spacial score (nSPS) is 14.0. The fourth-order valence-electron chi connectivity index (χ4n) is 7.03. The molecule has 9 rings (SSSR count). The number of halogens is 1. The van der Waals surface area contributed by atoms with E-state index in [9.17, 15) is 0 Å². The predicted octanol–water partition coefficient (Wildman–Crippen LogP) is 10.8. The smallest absolute Gasteiger partial charge is 0.140 e. The number of hydrogen-bond donors (Lipinski definition) is 0. The molecule has 0 saturated carbocycles. The summed E-state index contributed by atoms with van der Waals surface area (Å²) in [4.78, 5) is 0. The summed E-state index contributed by atoms with van der Waals surface area (Å²) in [5.74, 6) is 1.75. The number of hydrogen-bond acceptors (Lipinski definition) is 2. The third-order valence-electron chi connectivity index (χ3n) is 8.60. The van der Waals surface area contributed by atoms with Gasteiger partial charge in [0.2, 0.25) is 0 Å². The molecule has 3 heteroatoms. The topological polar surface area (TPSA) is 9.23 Å². The van der Waals surface area contributed by atoms with Crippen LogP contribution in [0.4, 0.5) is 0 Å². The van der Waals surface area contributed by atoms with Crippen LogP contribution < -0.4 is 4.74 Å². The zero-order valence-electron chi connectivity index (χ0n) is 21.3. The lowest BCUT2D eigenvalue weighted by Crippen LogP contribution is -2.32. The van der Waals surface area contributed by atoms with Gasteiger partial charge in [-0.15, -0.1) is 11.3 Å². The van der Waals surface area contributed by atoms with E-state index < -0.39 is 5.41 Å². The molecule has 1 aliphatic heterocycles. The minimum atomic E-state index is -0.529. The Kier molecular flexibility index (Phi) is 4.53. The maximum Gasteiger partial charge on any atom is 0.140 e. The molecule has 1 spiro atoms. The van der Waals surface area contributed by atoms with Crippen LogP contribution in [-0.4, -0.2) is 0 Å². The summed E-state index contributed by atoms with van der Waals surface area (Å²) in [6.45, 7) is 0. The van der Waals surface area contributed by atoms with Gasteiger partial charge in [-0.2, -0.15) is 0 Å². The molecule has 1 aliphatic carbocycles. The monoisotopic (exact) mass is 548 g/mol. The van der Waals surface area contributed by atoms with Gasteiger partial charge >= 0.3 is 0 Å². The van der Waals surface area contributed by atoms with E-state index >= 15 is 0 Å². The fraction of sp³-hybridized carbons (Fsp3) is 0.0270. The van der Waals surface area contributed by atoms with E-state index in [1.54, 1.807) is 0 Å². The summed E-state index contributed by atoms with van der Waals surface area (Å²) >= 11 is 8.83. The van der Waals surface area contributed by atoms with Gasteiger partial charge in [0.05, 0.1) is 5.41 Å². The van der Waals surface area contributed by atoms with Crippen LogP contribution in [0.2, 0.25) is 5.02 Å². The van der Waals surface area contributed by atoms with E-state index in [2.05, 4.69) is 127 Å². The number of ether oxygens (including phenoxy) is 1. The lowest BCUT2D eigenvalue weighted by molar-refractivity contribution is 0.438. The highest BCUT2D eigenvalue weighted by Crippen LogP contribution is 2.63. The third-order valence-corrected chi connectivity index (χ3v) is 9.95. The molecular weight excluding hydrogens is 528 g/mol. The van der Waals surface area contributed by atoms with Crippen LogP contribution in [0.15, 0.2) is 127 Å². The second kappa shape index (κ2) is 8.08. The Morgan fingerprint density at radius 1 is 0.525 bits per heavy atom. The standard InChI is InChI=1S/C37H21ClOS/c38-23-20-28(22-17-18-27-26-11-3-8-16-34(26)40-35(27)19-22)36-32(21-23)37(31-14-6-7-15-33(31)39-36)29-12-4-1-9-24(29)25-10-2-5-13-30(25)37/h1-21H. The number of fused-ring (bicyclic) bond motifs is 12. The molecule has 1 aromatic heterocycles. The fourth-order valence-corrected chi connectivity index (χ4v) is 8.39. The summed E-state index contributed by atoms with van der Waals surface area (Å²) < 4.78 is 9.41. The van der Waals surface area contributed by atoms with Crippen molar-refractivity contribution in [1.82, 2.24) is 0 Å². The van der Waals surface area contributed by atoms with Crippen LogP contribution in [-0.2, 0) is 5.41 Å². The molecule has 1 nitrogen and oxygen atoms in total. The average molecular weight is 549 g/mol. The van der Waals surface area contributed by atoms with Gasteiger partial charge < -0.3 is 4.74 Å². The summed E-state index contributed by atoms with van der Waals surface area (Å²) in [5, 5.41) is 3.28. The van der Waals surface area contributed by atoms with Crippen molar-refractivity contribution < 1.29 is 4.74 Å². The van der Waals surface area contributed by atoms with E-state index in [0.29, 0.717) is 5.02 Å². The molecule has 0 fully saturated rings. The van der Waals surface area contributed by atoms with Crippen molar-refractivity contribution in [3.8, 4) is 33.8 Å². The van der Waals surface area contributed by atoms with Crippen LogP contribution >= 0.6 is 22.9 Å². The lowest BCUT2D eigenvalue weighted by atomic mass is 9.65. The molecule has 188 valence electrons. The maximum absolute atomic E-state index is 7.00. The van der Waals surface area contributed by atoms with Crippen molar-refractivity contribution in [1.29, 1.82) is 0 Å². The largest absolute Gasteiger partial charge is 0.456 e. The van der Waals surface area contributed by atoms with Gasteiger partial charge in [0.25, 0.3) is 0 Å². The van der Waals surface area contributed by atoms with Gasteiger partial charge in [-0.1, -0.05) is 109 Å². The first kappa shape index (κ1) is 22.4. The quantitative estimate of drug-likeness (QED) is 0.198. The van der Waals surface area contributed by atoms with E-state index in [0.717, 1.165) is 33.8 Å². The molecule has 0 radical (unpaired) electrons. The van der Waals surface area contributed by atoms with Crippen LogP contribution in [0.1, 0.15) is 22.3 Å². The molecule has 0 amide bonds. The third kappa shape index (κ3) is 2.82. The molecule has 2 heterocycles. The Hall–Kier alpha value is -4.37. The van der Waals surface area contributed by atoms with E-state index in [1.165, 1.54) is 42.4 Å². The SMILES string of the molecule is Clc1cc(-c2ccc3c(c2)sc2ccccc23)c2c(c1)C1(c3ccccc3O2)c2ccccc2-c2ccccc21. The summed E-state index contributed by atoms with van der Waals surface area (Å²) in [7, 11) is 0. The van der Waals surface area contributed by atoms with Crippen LogP contribution in [0.25, 0.3) is 42.4 Å². The first-order valence-corrected chi connectivity index (χ1v) is 14.7. The molecule has 2 aliphatic rings. The van der Waals surface area contributed by atoms with Crippen molar-refractivity contribution in [2.24, 2.45) is 0 Å². The summed E-state index contributed by atoms with van der Waals surface area (Å²) in [6.07, 6.45) is 0. The highest BCUT2D eigenvalue weighted by atomic mass is 35.5. The minimum Gasteiger partial charge on any atom is -0.456 e. The second-order valence-electron chi connectivity index (χ2n) is 10.6. The molecule has 7 aromatic rings. The van der Waals surface area contributed by atoms with E-state index in [-0.39, 0.29) is 0 Å².